The highest BCUT2D eigenvalue weighted by atomic mass is 15.1. The number of rotatable bonds is 25. The molecule has 1 rings (SSSR count). The molecule has 2 heteroatoms. The van der Waals surface area contributed by atoms with Gasteiger partial charge in [0, 0.05) is 0 Å². The molecule has 0 aromatic carbocycles. The molecule has 0 aliphatic rings. The van der Waals surface area contributed by atoms with Gasteiger partial charge < -0.3 is 0 Å². The number of hydrogen-bond acceptors (Lipinski definition) is 0. The van der Waals surface area contributed by atoms with E-state index in [-0.39, 0.29) is 0 Å². The number of unbranched alkanes of at least 4 members (excludes halogenated alkanes) is 18. The molecule has 1 aromatic rings. The van der Waals surface area contributed by atoms with Crippen molar-refractivity contribution in [1.82, 2.24) is 4.98 Å². The van der Waals surface area contributed by atoms with E-state index in [4.69, 9.17) is 0 Å². The minimum atomic E-state index is 0.732. The van der Waals surface area contributed by atoms with Crippen molar-refractivity contribution >= 4 is 0 Å². The Hall–Kier alpha value is -0.790. The van der Waals surface area contributed by atoms with Crippen LogP contribution in [-0.4, -0.2) is 4.98 Å². The Morgan fingerprint density at radius 2 is 0.939 bits per heavy atom. The number of H-pyrrole nitrogens is 1. The molecule has 2 nitrogen and oxygen atoms in total. The Bertz CT molecular complexity index is 507. The highest BCUT2D eigenvalue weighted by Gasteiger charge is 2.22. The Kier molecular flexibility index (Phi) is 21.1. The summed E-state index contributed by atoms with van der Waals surface area (Å²) in [7, 11) is 0. The summed E-state index contributed by atoms with van der Waals surface area (Å²) < 4.78 is 2.48. The summed E-state index contributed by atoms with van der Waals surface area (Å²) in [5.74, 6) is 2.23. The molecule has 0 fully saturated rings. The van der Waals surface area contributed by atoms with Crippen molar-refractivity contribution < 1.29 is 4.57 Å². The van der Waals surface area contributed by atoms with Crippen LogP contribution in [0.3, 0.4) is 0 Å². The van der Waals surface area contributed by atoms with Crippen LogP contribution in [0.2, 0.25) is 0 Å². The molecule has 1 heterocycles. The summed E-state index contributed by atoms with van der Waals surface area (Å²) in [4.78, 5) is 3.60. The van der Waals surface area contributed by atoms with E-state index in [9.17, 15) is 0 Å². The Labute approximate surface area is 208 Å². The minimum absolute atomic E-state index is 0.732. The quantitative estimate of drug-likeness (QED) is 0.110. The van der Waals surface area contributed by atoms with Crippen molar-refractivity contribution in [2.24, 2.45) is 0 Å². The standard InChI is InChI=1S/C31H60N2/c1-4-7-9-11-12-13-14-15-16-17-18-19-20-21-22-24-26-30(25-23-10-8-5-2)31-32-27-29-33(31)28-6-3/h27,29-30H,4-26,28H2,1-3H3/p+1/t30-/m0/s1. The third-order valence-corrected chi connectivity index (χ3v) is 7.46. The number of hydrogen-bond donors (Lipinski definition) is 1. The first-order valence-corrected chi connectivity index (χ1v) is 15.4. The van der Waals surface area contributed by atoms with E-state index >= 15 is 0 Å². The Morgan fingerprint density at radius 1 is 0.545 bits per heavy atom. The maximum atomic E-state index is 3.60. The third-order valence-electron chi connectivity index (χ3n) is 7.46. The lowest BCUT2D eigenvalue weighted by Gasteiger charge is -2.14. The molecule has 0 aliphatic heterocycles. The molecule has 0 saturated heterocycles. The first-order valence-electron chi connectivity index (χ1n) is 15.4. The van der Waals surface area contributed by atoms with Gasteiger partial charge >= 0.3 is 0 Å². The predicted octanol–water partition coefficient (Wildman–Crippen LogP) is 10.4. The molecule has 0 saturated carbocycles. The molecule has 194 valence electrons. The molecule has 33 heavy (non-hydrogen) atoms. The fraction of sp³-hybridized carbons (Fsp3) is 0.903. The summed E-state index contributed by atoms with van der Waals surface area (Å²) >= 11 is 0. The number of aromatic nitrogens is 2. The number of aryl methyl sites for hydroxylation is 1. The fourth-order valence-corrected chi connectivity index (χ4v) is 5.34. The van der Waals surface area contributed by atoms with Crippen LogP contribution >= 0.6 is 0 Å². The number of aromatic amines is 1. The van der Waals surface area contributed by atoms with E-state index in [2.05, 4.69) is 42.7 Å². The molecule has 0 radical (unpaired) electrons. The SMILES string of the molecule is CCCCCCCCCCCCCCCCCC[C@H](CCCCCC)c1[nH]cc[n+]1CCC. The van der Waals surface area contributed by atoms with Crippen LogP contribution in [0, 0.1) is 0 Å². The van der Waals surface area contributed by atoms with Crippen molar-refractivity contribution in [1.29, 1.82) is 0 Å². The second-order valence-corrected chi connectivity index (χ2v) is 10.7. The largest absolute Gasteiger partial charge is 0.257 e. The van der Waals surface area contributed by atoms with Crippen LogP contribution in [0.1, 0.15) is 180 Å². The summed E-state index contributed by atoms with van der Waals surface area (Å²) in [5, 5.41) is 0. The van der Waals surface area contributed by atoms with Gasteiger partial charge in [-0.15, -0.1) is 0 Å². The molecule has 0 amide bonds. The summed E-state index contributed by atoms with van der Waals surface area (Å²) in [5.41, 5.74) is 0. The maximum Gasteiger partial charge on any atom is 0.257 e. The molecule has 1 aromatic heterocycles. The topological polar surface area (TPSA) is 19.7 Å². The van der Waals surface area contributed by atoms with Crippen LogP contribution in [-0.2, 0) is 6.54 Å². The van der Waals surface area contributed by atoms with Crippen LogP contribution in [0.25, 0.3) is 0 Å². The fourth-order valence-electron chi connectivity index (χ4n) is 5.34. The zero-order chi connectivity index (χ0) is 23.8. The lowest BCUT2D eigenvalue weighted by Crippen LogP contribution is -2.37. The van der Waals surface area contributed by atoms with Gasteiger partial charge in [0.1, 0.15) is 12.4 Å². The van der Waals surface area contributed by atoms with Gasteiger partial charge in [0.15, 0.2) is 0 Å². The summed E-state index contributed by atoms with van der Waals surface area (Å²) in [6.07, 6.45) is 37.1. The van der Waals surface area contributed by atoms with E-state index in [1.807, 2.05) is 0 Å². The second kappa shape index (κ2) is 23.0. The Balaban J connectivity index is 2.05. The monoisotopic (exact) mass is 461 g/mol. The maximum absolute atomic E-state index is 3.60. The van der Waals surface area contributed by atoms with Crippen molar-refractivity contribution in [3.05, 3.63) is 18.2 Å². The van der Waals surface area contributed by atoms with Gasteiger partial charge in [-0.05, 0) is 19.3 Å². The number of imidazole rings is 1. The average Bonchev–Trinajstić information content (AvgIpc) is 3.28. The van der Waals surface area contributed by atoms with Crippen LogP contribution in [0.15, 0.2) is 12.4 Å². The van der Waals surface area contributed by atoms with Crippen LogP contribution in [0.5, 0.6) is 0 Å². The molecule has 0 spiro atoms. The molecule has 0 aliphatic carbocycles. The first kappa shape index (κ1) is 30.2. The van der Waals surface area contributed by atoms with Gasteiger partial charge in [-0.2, -0.15) is 0 Å². The lowest BCUT2D eigenvalue weighted by atomic mass is 9.93. The molecule has 1 atom stereocenters. The zero-order valence-corrected chi connectivity index (χ0v) is 23.1. The lowest BCUT2D eigenvalue weighted by molar-refractivity contribution is -0.704. The van der Waals surface area contributed by atoms with E-state index < -0.39 is 0 Å². The van der Waals surface area contributed by atoms with Crippen LogP contribution in [0.4, 0.5) is 0 Å². The van der Waals surface area contributed by atoms with E-state index in [0.717, 1.165) is 12.5 Å². The van der Waals surface area contributed by atoms with Crippen molar-refractivity contribution in [2.45, 2.75) is 181 Å². The average molecular weight is 462 g/mol. The molecule has 0 unspecified atom stereocenters. The van der Waals surface area contributed by atoms with E-state index in [1.54, 1.807) is 0 Å². The van der Waals surface area contributed by atoms with Gasteiger partial charge in [0.05, 0.1) is 12.5 Å². The minimum Gasteiger partial charge on any atom is -0.247 e. The van der Waals surface area contributed by atoms with Gasteiger partial charge in [-0.25, -0.2) is 9.55 Å². The smallest absolute Gasteiger partial charge is 0.247 e. The summed E-state index contributed by atoms with van der Waals surface area (Å²) in [6.45, 7) is 8.06. The molecular formula is C31H61N2+. The normalized spacial score (nSPS) is 12.5. The second-order valence-electron chi connectivity index (χ2n) is 10.7. The van der Waals surface area contributed by atoms with E-state index in [1.165, 1.54) is 154 Å². The third kappa shape index (κ3) is 16.5. The number of nitrogens with zero attached hydrogens (tertiary/aromatic N) is 1. The predicted molar refractivity (Wildman–Crippen MR) is 147 cm³/mol. The van der Waals surface area contributed by atoms with Crippen molar-refractivity contribution in [3.63, 3.8) is 0 Å². The van der Waals surface area contributed by atoms with Gasteiger partial charge in [0.2, 0.25) is 0 Å². The molecule has 1 N–H and O–H groups in total. The molecular weight excluding hydrogens is 400 g/mol. The van der Waals surface area contributed by atoms with Crippen molar-refractivity contribution in [3.8, 4) is 0 Å². The van der Waals surface area contributed by atoms with Gasteiger partial charge in [-0.3, -0.25) is 0 Å². The van der Waals surface area contributed by atoms with Crippen molar-refractivity contribution in [2.75, 3.05) is 0 Å². The van der Waals surface area contributed by atoms with Crippen LogP contribution < -0.4 is 4.57 Å². The zero-order valence-electron chi connectivity index (χ0n) is 23.1. The highest BCUT2D eigenvalue weighted by molar-refractivity contribution is 4.90. The Morgan fingerprint density at radius 3 is 1.36 bits per heavy atom. The highest BCUT2D eigenvalue weighted by Crippen LogP contribution is 2.26. The first-order chi connectivity index (χ1) is 16.3. The van der Waals surface area contributed by atoms with Gasteiger partial charge in [-0.1, -0.05) is 149 Å². The number of nitrogens with one attached hydrogen (secondary N) is 1. The van der Waals surface area contributed by atoms with Gasteiger partial charge in [0.25, 0.3) is 5.82 Å². The molecule has 0 bridgehead atoms. The van der Waals surface area contributed by atoms with E-state index in [0.29, 0.717) is 0 Å². The summed E-state index contributed by atoms with van der Waals surface area (Å²) in [6, 6.07) is 0.